The quantitative estimate of drug-likeness (QED) is 0.516. The van der Waals surface area contributed by atoms with Crippen molar-refractivity contribution in [3.8, 4) is 5.75 Å². The highest BCUT2D eigenvalue weighted by molar-refractivity contribution is 7.80. The van der Waals surface area contributed by atoms with Crippen LogP contribution in [0, 0.1) is 17.8 Å². The molecule has 0 radical (unpaired) electrons. The SMILES string of the molecule is Oc1ccc(C23CC4CC(CC(C4)C2)C3)cc1C=Nc1ccccc1S. The van der Waals surface area contributed by atoms with Crippen molar-refractivity contribution >= 4 is 24.5 Å². The molecule has 6 rings (SSSR count). The Morgan fingerprint density at radius 3 is 2.27 bits per heavy atom. The molecule has 4 saturated carbocycles. The predicted octanol–water partition coefficient (Wildman–Crippen LogP) is 5.90. The van der Waals surface area contributed by atoms with Gasteiger partial charge in [0, 0.05) is 16.7 Å². The Morgan fingerprint density at radius 1 is 0.962 bits per heavy atom. The molecular weight excluding hydrogens is 338 g/mol. The minimum absolute atomic E-state index is 0.305. The van der Waals surface area contributed by atoms with Gasteiger partial charge in [0.2, 0.25) is 0 Å². The first-order valence-electron chi connectivity index (χ1n) is 9.77. The van der Waals surface area contributed by atoms with Gasteiger partial charge < -0.3 is 5.11 Å². The van der Waals surface area contributed by atoms with Crippen molar-refractivity contribution in [1.82, 2.24) is 0 Å². The topological polar surface area (TPSA) is 32.6 Å². The number of rotatable bonds is 3. The summed E-state index contributed by atoms with van der Waals surface area (Å²) in [5, 5.41) is 10.4. The maximum Gasteiger partial charge on any atom is 0.124 e. The maximum absolute atomic E-state index is 10.4. The average Bonchev–Trinajstić information content (AvgIpc) is 2.61. The van der Waals surface area contributed by atoms with E-state index in [0.29, 0.717) is 11.2 Å². The minimum atomic E-state index is 0.305. The third-order valence-corrected chi connectivity index (χ3v) is 7.28. The van der Waals surface area contributed by atoms with Crippen LogP contribution >= 0.6 is 12.6 Å². The number of aromatic hydroxyl groups is 1. The number of phenols is 1. The molecule has 0 spiro atoms. The summed E-state index contributed by atoms with van der Waals surface area (Å²) in [5.74, 6) is 3.06. The summed E-state index contributed by atoms with van der Waals surface area (Å²) in [6, 6.07) is 14.0. The van der Waals surface area contributed by atoms with E-state index in [4.69, 9.17) is 0 Å². The number of phenolic OH excluding ortho intramolecular Hbond substituents is 1. The van der Waals surface area contributed by atoms with Crippen molar-refractivity contribution in [2.24, 2.45) is 22.7 Å². The lowest BCUT2D eigenvalue weighted by molar-refractivity contribution is -0.00520. The number of thiol groups is 1. The monoisotopic (exact) mass is 363 g/mol. The zero-order valence-corrected chi connectivity index (χ0v) is 15.8. The molecule has 134 valence electrons. The first-order chi connectivity index (χ1) is 12.6. The van der Waals surface area contributed by atoms with E-state index in [1.165, 1.54) is 44.1 Å². The Hall–Kier alpha value is -1.74. The highest BCUT2D eigenvalue weighted by Crippen LogP contribution is 2.60. The van der Waals surface area contributed by atoms with E-state index in [0.717, 1.165) is 33.9 Å². The van der Waals surface area contributed by atoms with E-state index in [-0.39, 0.29) is 0 Å². The highest BCUT2D eigenvalue weighted by Gasteiger charge is 2.51. The summed E-state index contributed by atoms with van der Waals surface area (Å²) in [5.41, 5.74) is 3.40. The average molecular weight is 364 g/mol. The van der Waals surface area contributed by atoms with Crippen molar-refractivity contribution < 1.29 is 5.11 Å². The van der Waals surface area contributed by atoms with Crippen LogP contribution in [-0.4, -0.2) is 11.3 Å². The molecule has 2 aromatic carbocycles. The summed E-state index contributed by atoms with van der Waals surface area (Å²) >= 11 is 4.46. The molecule has 1 N–H and O–H groups in total. The van der Waals surface area contributed by atoms with Crippen LogP contribution in [0.15, 0.2) is 52.4 Å². The third-order valence-electron chi connectivity index (χ3n) is 6.90. The molecule has 3 heteroatoms. The minimum Gasteiger partial charge on any atom is -0.507 e. The van der Waals surface area contributed by atoms with Gasteiger partial charge in [-0.05, 0) is 91.5 Å². The molecule has 0 aliphatic heterocycles. The molecule has 0 unspecified atom stereocenters. The second-order valence-electron chi connectivity index (χ2n) is 8.72. The maximum atomic E-state index is 10.4. The number of hydrogen-bond donors (Lipinski definition) is 2. The van der Waals surface area contributed by atoms with Crippen LogP contribution in [0.5, 0.6) is 5.75 Å². The molecule has 0 amide bonds. The van der Waals surface area contributed by atoms with Gasteiger partial charge in [0.05, 0.1) is 5.69 Å². The Morgan fingerprint density at radius 2 is 1.62 bits per heavy atom. The standard InChI is InChI=1S/C23H25NOS/c25-21-6-5-19(10-18(21)14-24-20-3-1-2-4-22(20)26)23-11-15-7-16(12-23)9-17(8-15)13-23/h1-6,10,14-17,25-26H,7-9,11-13H2. The molecular formula is C23H25NOS. The molecule has 4 fully saturated rings. The van der Waals surface area contributed by atoms with E-state index < -0.39 is 0 Å². The Kier molecular flexibility index (Phi) is 3.89. The van der Waals surface area contributed by atoms with Crippen molar-refractivity contribution in [3.63, 3.8) is 0 Å². The van der Waals surface area contributed by atoms with Crippen molar-refractivity contribution in [3.05, 3.63) is 53.6 Å². The summed E-state index contributed by atoms with van der Waals surface area (Å²) in [6.45, 7) is 0. The molecule has 0 heterocycles. The largest absolute Gasteiger partial charge is 0.507 e. The second-order valence-corrected chi connectivity index (χ2v) is 9.20. The Bertz CT molecular complexity index is 837. The smallest absolute Gasteiger partial charge is 0.124 e. The summed E-state index contributed by atoms with van der Waals surface area (Å²) in [4.78, 5) is 5.41. The third kappa shape index (κ3) is 2.77. The van der Waals surface area contributed by atoms with Gasteiger partial charge in [0.15, 0.2) is 0 Å². The number of benzene rings is 2. The molecule has 4 aliphatic carbocycles. The Labute approximate surface area is 160 Å². The fourth-order valence-electron chi connectivity index (χ4n) is 6.16. The van der Waals surface area contributed by atoms with Crippen LogP contribution in [0.1, 0.15) is 49.7 Å². The molecule has 4 bridgehead atoms. The fraction of sp³-hybridized carbons (Fsp3) is 0.435. The second kappa shape index (κ2) is 6.16. The van der Waals surface area contributed by atoms with E-state index in [1.54, 1.807) is 6.21 Å². The van der Waals surface area contributed by atoms with Gasteiger partial charge in [0.1, 0.15) is 5.75 Å². The number of para-hydroxylation sites is 1. The van der Waals surface area contributed by atoms with Crippen LogP contribution in [0.2, 0.25) is 0 Å². The van der Waals surface area contributed by atoms with Crippen molar-refractivity contribution in [2.45, 2.75) is 48.8 Å². The summed E-state index contributed by atoms with van der Waals surface area (Å²) in [7, 11) is 0. The number of aliphatic imine (C=N–C) groups is 1. The van der Waals surface area contributed by atoms with Crippen LogP contribution < -0.4 is 0 Å². The number of nitrogens with zero attached hydrogens (tertiary/aromatic N) is 1. The molecule has 2 aromatic rings. The first-order valence-corrected chi connectivity index (χ1v) is 10.2. The lowest BCUT2D eigenvalue weighted by Crippen LogP contribution is -2.48. The van der Waals surface area contributed by atoms with Gasteiger partial charge in [-0.15, -0.1) is 12.6 Å². The van der Waals surface area contributed by atoms with E-state index in [1.807, 2.05) is 30.3 Å². The van der Waals surface area contributed by atoms with Gasteiger partial charge >= 0.3 is 0 Å². The van der Waals surface area contributed by atoms with Gasteiger partial charge in [-0.25, -0.2) is 0 Å². The predicted molar refractivity (Wildman–Crippen MR) is 109 cm³/mol. The van der Waals surface area contributed by atoms with Crippen molar-refractivity contribution in [1.29, 1.82) is 0 Å². The Balaban J connectivity index is 1.49. The summed E-state index contributed by atoms with van der Waals surface area (Å²) < 4.78 is 0. The van der Waals surface area contributed by atoms with Crippen LogP contribution in [0.3, 0.4) is 0 Å². The highest BCUT2D eigenvalue weighted by atomic mass is 32.1. The number of hydrogen-bond acceptors (Lipinski definition) is 3. The molecule has 26 heavy (non-hydrogen) atoms. The van der Waals surface area contributed by atoms with Gasteiger partial charge in [-0.2, -0.15) is 0 Å². The van der Waals surface area contributed by atoms with Gasteiger partial charge in [-0.1, -0.05) is 18.2 Å². The van der Waals surface area contributed by atoms with E-state index in [2.05, 4.69) is 29.8 Å². The normalized spacial score (nSPS) is 32.4. The molecule has 0 aromatic heterocycles. The molecule has 0 atom stereocenters. The lowest BCUT2D eigenvalue weighted by Gasteiger charge is -2.57. The summed E-state index contributed by atoms with van der Waals surface area (Å²) in [6.07, 6.45) is 10.1. The molecule has 2 nitrogen and oxygen atoms in total. The van der Waals surface area contributed by atoms with Gasteiger partial charge in [-0.3, -0.25) is 4.99 Å². The van der Waals surface area contributed by atoms with Crippen LogP contribution in [0.25, 0.3) is 0 Å². The first kappa shape index (κ1) is 16.4. The zero-order valence-electron chi connectivity index (χ0n) is 14.9. The van der Waals surface area contributed by atoms with E-state index in [9.17, 15) is 5.11 Å². The molecule has 0 saturated heterocycles. The van der Waals surface area contributed by atoms with Crippen LogP contribution in [0.4, 0.5) is 5.69 Å². The fourth-order valence-corrected chi connectivity index (χ4v) is 6.38. The van der Waals surface area contributed by atoms with Gasteiger partial charge in [0.25, 0.3) is 0 Å². The van der Waals surface area contributed by atoms with Crippen molar-refractivity contribution in [2.75, 3.05) is 0 Å². The van der Waals surface area contributed by atoms with Crippen LogP contribution in [-0.2, 0) is 5.41 Å². The zero-order chi connectivity index (χ0) is 17.7. The molecule has 4 aliphatic rings. The lowest BCUT2D eigenvalue weighted by atomic mass is 9.48. The van der Waals surface area contributed by atoms with E-state index >= 15 is 0 Å².